The van der Waals surface area contributed by atoms with E-state index >= 15 is 0 Å². The second kappa shape index (κ2) is 8.60. The summed E-state index contributed by atoms with van der Waals surface area (Å²) in [6, 6.07) is 0. The topological polar surface area (TPSA) is 105 Å². The van der Waals surface area contributed by atoms with Gasteiger partial charge in [-0.05, 0) is 13.8 Å². The molecule has 1 aliphatic heterocycles. The van der Waals surface area contributed by atoms with Crippen molar-refractivity contribution in [3.05, 3.63) is 24.3 Å². The Hall–Kier alpha value is -2.64. The summed E-state index contributed by atoms with van der Waals surface area (Å²) >= 11 is 0. The maximum atomic E-state index is 11.4. The van der Waals surface area contributed by atoms with Crippen LogP contribution in [0.2, 0.25) is 0 Å². The largest absolute Gasteiger partial charge is 0.459 e. The van der Waals surface area contributed by atoms with Crippen LogP contribution in [0, 0.1) is 0 Å². The lowest BCUT2D eigenvalue weighted by atomic mass is 10.4. The highest BCUT2D eigenvalue weighted by atomic mass is 16.6. The van der Waals surface area contributed by atoms with Crippen molar-refractivity contribution in [1.82, 2.24) is 0 Å². The van der Waals surface area contributed by atoms with Crippen molar-refractivity contribution in [3.8, 4) is 0 Å². The second-order valence-electron chi connectivity index (χ2n) is 4.42. The van der Waals surface area contributed by atoms with Crippen LogP contribution >= 0.6 is 0 Å². The number of ether oxygens (including phenoxy) is 4. The van der Waals surface area contributed by atoms with E-state index in [-0.39, 0.29) is 13.2 Å². The van der Waals surface area contributed by atoms with Crippen LogP contribution in [0.25, 0.3) is 0 Å². The Bertz CT molecular complexity index is 461. The summed E-state index contributed by atoms with van der Waals surface area (Å²) < 4.78 is 19.3. The lowest BCUT2D eigenvalue weighted by Crippen LogP contribution is -2.23. The number of carbonyl (C=O) groups is 4. The van der Waals surface area contributed by atoms with Gasteiger partial charge >= 0.3 is 23.9 Å². The molecule has 0 bridgehead atoms. The van der Waals surface area contributed by atoms with Crippen molar-refractivity contribution in [1.29, 1.82) is 0 Å². The molecule has 8 heteroatoms. The molecule has 0 N–H and O–H groups in total. The molecule has 0 saturated carbocycles. The van der Waals surface area contributed by atoms with Crippen LogP contribution in [0.4, 0.5) is 0 Å². The molecule has 0 spiro atoms. The van der Waals surface area contributed by atoms with Gasteiger partial charge in [0, 0.05) is 24.3 Å². The molecule has 1 heterocycles. The zero-order chi connectivity index (χ0) is 16.5. The maximum absolute atomic E-state index is 11.4. The number of hydrogen-bond acceptors (Lipinski definition) is 8. The first kappa shape index (κ1) is 17.4. The van der Waals surface area contributed by atoms with Crippen LogP contribution in [0.5, 0.6) is 0 Å². The van der Waals surface area contributed by atoms with Crippen molar-refractivity contribution < 1.29 is 38.1 Å². The van der Waals surface area contributed by atoms with E-state index in [4.69, 9.17) is 18.9 Å². The molecule has 1 aliphatic rings. The third-order valence-corrected chi connectivity index (χ3v) is 2.27. The number of hydrogen-bond donors (Lipinski definition) is 0. The predicted molar refractivity (Wildman–Crippen MR) is 71.3 cm³/mol. The van der Waals surface area contributed by atoms with Crippen molar-refractivity contribution in [2.24, 2.45) is 0 Å². The smallest absolute Gasteiger partial charge is 0.331 e. The summed E-state index contributed by atoms with van der Waals surface area (Å²) in [5.74, 6) is -3.10. The van der Waals surface area contributed by atoms with E-state index in [1.165, 1.54) is 13.8 Å². The van der Waals surface area contributed by atoms with E-state index < -0.39 is 36.1 Å². The highest BCUT2D eigenvalue weighted by molar-refractivity contribution is 5.92. The molecule has 0 radical (unpaired) electrons. The fourth-order valence-electron chi connectivity index (χ4n) is 1.31. The summed E-state index contributed by atoms with van der Waals surface area (Å²) in [4.78, 5) is 45.4. The summed E-state index contributed by atoms with van der Waals surface area (Å²) in [6.07, 6.45) is 2.13. The Kier molecular flexibility index (Phi) is 6.81. The molecular formula is C14H16O8. The number of esters is 4. The Morgan fingerprint density at radius 1 is 0.682 bits per heavy atom. The average Bonchev–Trinajstić information content (AvgIpc) is 2.46. The summed E-state index contributed by atoms with van der Waals surface area (Å²) in [5.41, 5.74) is 0. The zero-order valence-electron chi connectivity index (χ0n) is 12.1. The van der Waals surface area contributed by atoms with Gasteiger partial charge in [-0.25, -0.2) is 19.2 Å². The number of carbonyl (C=O) groups excluding carboxylic acids is 4. The van der Waals surface area contributed by atoms with E-state index in [9.17, 15) is 19.2 Å². The Balaban J connectivity index is 2.75. The molecule has 22 heavy (non-hydrogen) atoms. The molecule has 2 unspecified atom stereocenters. The van der Waals surface area contributed by atoms with E-state index in [1.54, 1.807) is 0 Å². The predicted octanol–water partition coefficient (Wildman–Crippen LogP) is 0.0622. The molecule has 120 valence electrons. The first-order valence-electron chi connectivity index (χ1n) is 6.47. The third-order valence-electron chi connectivity index (χ3n) is 2.27. The van der Waals surface area contributed by atoms with Crippen molar-refractivity contribution in [2.45, 2.75) is 26.1 Å². The number of rotatable bonds is 0. The Morgan fingerprint density at radius 3 is 1.36 bits per heavy atom. The van der Waals surface area contributed by atoms with E-state index in [0.717, 1.165) is 24.3 Å². The van der Waals surface area contributed by atoms with Crippen molar-refractivity contribution in [2.75, 3.05) is 13.2 Å². The van der Waals surface area contributed by atoms with Gasteiger partial charge in [-0.15, -0.1) is 0 Å². The van der Waals surface area contributed by atoms with Gasteiger partial charge in [0.15, 0.2) is 0 Å². The fraction of sp³-hybridized carbons (Fsp3) is 0.429. The van der Waals surface area contributed by atoms with Gasteiger partial charge in [0.25, 0.3) is 0 Å². The quantitative estimate of drug-likeness (QED) is 0.457. The van der Waals surface area contributed by atoms with Gasteiger partial charge in [0.05, 0.1) is 0 Å². The van der Waals surface area contributed by atoms with Crippen molar-refractivity contribution >= 4 is 23.9 Å². The van der Waals surface area contributed by atoms with Crippen LogP contribution in [-0.4, -0.2) is 49.3 Å². The minimum Gasteiger partial charge on any atom is -0.459 e. The highest BCUT2D eigenvalue weighted by Crippen LogP contribution is 1.99. The minimum absolute atomic E-state index is 0.195. The molecule has 2 atom stereocenters. The first-order valence-corrected chi connectivity index (χ1v) is 6.47. The van der Waals surface area contributed by atoms with E-state index in [1.807, 2.05) is 0 Å². The van der Waals surface area contributed by atoms with Crippen LogP contribution in [0.15, 0.2) is 24.3 Å². The highest BCUT2D eigenvalue weighted by Gasteiger charge is 2.13. The second-order valence-corrected chi connectivity index (χ2v) is 4.42. The van der Waals surface area contributed by atoms with Gasteiger partial charge in [-0.3, -0.25) is 0 Å². The molecule has 8 nitrogen and oxygen atoms in total. The van der Waals surface area contributed by atoms with Gasteiger partial charge in [0.2, 0.25) is 0 Å². The van der Waals surface area contributed by atoms with Gasteiger partial charge < -0.3 is 18.9 Å². The molecule has 1 rings (SSSR count). The van der Waals surface area contributed by atoms with Gasteiger partial charge in [-0.2, -0.15) is 0 Å². The zero-order valence-corrected chi connectivity index (χ0v) is 12.1. The van der Waals surface area contributed by atoms with Crippen LogP contribution in [0.3, 0.4) is 0 Å². The van der Waals surface area contributed by atoms with Gasteiger partial charge in [-0.1, -0.05) is 0 Å². The maximum Gasteiger partial charge on any atom is 0.331 e. The Labute approximate surface area is 126 Å². The lowest BCUT2D eigenvalue weighted by Gasteiger charge is -2.13. The van der Waals surface area contributed by atoms with Crippen molar-refractivity contribution in [3.63, 3.8) is 0 Å². The molecule has 0 fully saturated rings. The summed E-state index contributed by atoms with van der Waals surface area (Å²) in [5, 5.41) is 0. The molecule has 0 amide bonds. The monoisotopic (exact) mass is 312 g/mol. The third kappa shape index (κ3) is 7.22. The van der Waals surface area contributed by atoms with E-state index in [0.29, 0.717) is 0 Å². The normalized spacial score (nSPS) is 27.9. The molecule has 0 aromatic carbocycles. The van der Waals surface area contributed by atoms with E-state index in [2.05, 4.69) is 0 Å². The molecule has 0 aromatic heterocycles. The van der Waals surface area contributed by atoms with Crippen LogP contribution in [-0.2, 0) is 38.1 Å². The molecule has 0 aliphatic carbocycles. The summed E-state index contributed by atoms with van der Waals surface area (Å²) in [6.45, 7) is 2.61. The fourth-order valence-corrected chi connectivity index (χ4v) is 1.31. The van der Waals surface area contributed by atoms with Crippen LogP contribution < -0.4 is 0 Å². The van der Waals surface area contributed by atoms with Gasteiger partial charge in [0.1, 0.15) is 25.4 Å². The molecular weight excluding hydrogens is 296 g/mol. The molecule has 0 saturated heterocycles. The summed E-state index contributed by atoms with van der Waals surface area (Å²) in [7, 11) is 0. The molecule has 0 aromatic rings. The average molecular weight is 312 g/mol. The lowest BCUT2D eigenvalue weighted by molar-refractivity contribution is -0.153. The first-order chi connectivity index (χ1) is 10.4. The number of cyclic esters (lactones) is 4. The van der Waals surface area contributed by atoms with Crippen LogP contribution in [0.1, 0.15) is 13.8 Å². The minimum atomic E-state index is -0.776. The standard InChI is InChI=1S/C14H16O8/c1-9-7-19-11(15)3-4-12(16)20-8-10(2)22-14(18)6-5-13(17)21-9/h3-6,9-10H,7-8H2,1-2H3/b4-3-,6-5-. The Morgan fingerprint density at radius 2 is 1.00 bits per heavy atom. The SMILES string of the molecule is CC1COC(=O)/C=C\C(=O)OCC(C)OC(=O)/C=C\C(=O)O1.